The maximum Gasteiger partial charge on any atom is 0.233 e. The summed E-state index contributed by atoms with van der Waals surface area (Å²) in [4.78, 5) is 0. The van der Waals surface area contributed by atoms with E-state index in [4.69, 9.17) is 16.7 Å². The summed E-state index contributed by atoms with van der Waals surface area (Å²) < 4.78 is 26.1. The highest BCUT2D eigenvalue weighted by Crippen LogP contribution is 2.20. The Balaban J connectivity index is 2.45. The van der Waals surface area contributed by atoms with Gasteiger partial charge in [0.15, 0.2) is 0 Å². The van der Waals surface area contributed by atoms with Crippen LogP contribution in [0.4, 0.5) is 0 Å². The van der Waals surface area contributed by atoms with Crippen LogP contribution >= 0.6 is 11.6 Å². The molecule has 1 aromatic rings. The normalized spacial score (nSPS) is 13.0. The fraction of sp³-hybridized carbons (Fsp3) is 0.467. The van der Waals surface area contributed by atoms with Crippen molar-refractivity contribution in [2.24, 2.45) is 5.41 Å². The van der Waals surface area contributed by atoms with Crippen molar-refractivity contribution >= 4 is 27.7 Å². The molecule has 0 radical (unpaired) electrons. The van der Waals surface area contributed by atoms with Gasteiger partial charge in [0.1, 0.15) is 0 Å². The van der Waals surface area contributed by atoms with E-state index >= 15 is 0 Å². The molecule has 0 heterocycles. The molecule has 4 nitrogen and oxygen atoms in total. The molecule has 0 bridgehead atoms. The van der Waals surface area contributed by atoms with E-state index in [0.29, 0.717) is 18.0 Å². The summed E-state index contributed by atoms with van der Waals surface area (Å²) in [6, 6.07) is 6.91. The standard InChI is InChI=1S/C15H22ClNO3S/c1-15(2,12-18)9-3-10-17-21(19,20)11-8-13-4-6-14(16)7-5-13/h4-8,11,17-18H,3,9-10,12H2,1-2H3/b11-8+. The van der Waals surface area contributed by atoms with Crippen LogP contribution in [-0.4, -0.2) is 26.7 Å². The molecule has 0 aliphatic carbocycles. The molecule has 0 aromatic heterocycles. The third-order valence-electron chi connectivity index (χ3n) is 3.07. The lowest BCUT2D eigenvalue weighted by Crippen LogP contribution is -2.24. The number of nitrogens with one attached hydrogen (secondary N) is 1. The van der Waals surface area contributed by atoms with Crippen LogP contribution in [0.3, 0.4) is 0 Å². The zero-order valence-corrected chi connectivity index (χ0v) is 13.9. The highest BCUT2D eigenvalue weighted by atomic mass is 35.5. The zero-order chi connectivity index (χ0) is 15.9. The van der Waals surface area contributed by atoms with Crippen molar-refractivity contribution in [2.75, 3.05) is 13.2 Å². The minimum atomic E-state index is -3.44. The van der Waals surface area contributed by atoms with Gasteiger partial charge in [-0.15, -0.1) is 0 Å². The van der Waals surface area contributed by atoms with Crippen LogP contribution in [0.1, 0.15) is 32.3 Å². The first kappa shape index (κ1) is 18.2. The summed E-state index contributed by atoms with van der Waals surface area (Å²) in [7, 11) is -3.44. The molecule has 1 aromatic carbocycles. The van der Waals surface area contributed by atoms with Crippen molar-refractivity contribution in [3.05, 3.63) is 40.3 Å². The van der Waals surface area contributed by atoms with Crippen LogP contribution in [0.25, 0.3) is 6.08 Å². The summed E-state index contributed by atoms with van der Waals surface area (Å²) in [6.45, 7) is 4.34. The summed E-state index contributed by atoms with van der Waals surface area (Å²) in [6.07, 6.45) is 2.96. The maximum atomic E-state index is 11.8. The number of aliphatic hydroxyl groups is 1. The second-order valence-electron chi connectivity index (χ2n) is 5.72. The van der Waals surface area contributed by atoms with Crippen LogP contribution in [0.2, 0.25) is 5.02 Å². The van der Waals surface area contributed by atoms with Crippen LogP contribution < -0.4 is 4.72 Å². The second-order valence-corrected chi connectivity index (χ2v) is 7.81. The minimum Gasteiger partial charge on any atom is -0.396 e. The van der Waals surface area contributed by atoms with E-state index in [0.717, 1.165) is 17.4 Å². The summed E-state index contributed by atoms with van der Waals surface area (Å²) in [5.41, 5.74) is 0.594. The van der Waals surface area contributed by atoms with E-state index < -0.39 is 10.0 Å². The molecule has 0 aliphatic heterocycles. The monoisotopic (exact) mass is 331 g/mol. The largest absolute Gasteiger partial charge is 0.396 e. The molecule has 6 heteroatoms. The van der Waals surface area contributed by atoms with Gasteiger partial charge in [0.2, 0.25) is 10.0 Å². The topological polar surface area (TPSA) is 66.4 Å². The Hall–Kier alpha value is -0.880. The summed E-state index contributed by atoms with van der Waals surface area (Å²) >= 11 is 5.76. The summed E-state index contributed by atoms with van der Waals surface area (Å²) in [5, 5.41) is 10.9. The third-order valence-corrected chi connectivity index (χ3v) is 4.42. The Kier molecular flexibility index (Phi) is 6.87. The molecule has 0 amide bonds. The van der Waals surface area contributed by atoms with E-state index in [2.05, 4.69) is 4.72 Å². The van der Waals surface area contributed by atoms with E-state index in [9.17, 15) is 8.42 Å². The fourth-order valence-corrected chi connectivity index (χ4v) is 2.64. The molecular formula is C15H22ClNO3S. The molecule has 2 N–H and O–H groups in total. The average molecular weight is 332 g/mol. The van der Waals surface area contributed by atoms with E-state index in [1.165, 1.54) is 6.08 Å². The van der Waals surface area contributed by atoms with Gasteiger partial charge in [0, 0.05) is 23.6 Å². The van der Waals surface area contributed by atoms with Crippen LogP contribution in [0.15, 0.2) is 29.7 Å². The van der Waals surface area contributed by atoms with Gasteiger partial charge in [-0.05, 0) is 42.0 Å². The molecule has 118 valence electrons. The van der Waals surface area contributed by atoms with Gasteiger partial charge in [-0.2, -0.15) is 0 Å². The SMILES string of the molecule is CC(C)(CO)CCCNS(=O)(=O)/C=C/c1ccc(Cl)cc1. The highest BCUT2D eigenvalue weighted by Gasteiger charge is 2.15. The number of sulfonamides is 1. The van der Waals surface area contributed by atoms with Crippen molar-refractivity contribution < 1.29 is 13.5 Å². The first-order valence-corrected chi connectivity index (χ1v) is 8.71. The van der Waals surface area contributed by atoms with Gasteiger partial charge in [-0.25, -0.2) is 13.1 Å². The number of hydrogen-bond acceptors (Lipinski definition) is 3. The van der Waals surface area contributed by atoms with Gasteiger partial charge in [0.05, 0.1) is 0 Å². The number of rotatable bonds is 8. The molecular weight excluding hydrogens is 310 g/mol. The minimum absolute atomic E-state index is 0.0935. The average Bonchev–Trinajstić information content (AvgIpc) is 2.43. The second kappa shape index (κ2) is 7.94. The van der Waals surface area contributed by atoms with Crippen molar-refractivity contribution in [1.29, 1.82) is 0 Å². The quantitative estimate of drug-likeness (QED) is 0.719. The van der Waals surface area contributed by atoms with Gasteiger partial charge in [0.25, 0.3) is 0 Å². The molecule has 0 unspecified atom stereocenters. The Morgan fingerprint density at radius 1 is 1.29 bits per heavy atom. The summed E-state index contributed by atoms with van der Waals surface area (Å²) in [5.74, 6) is 0. The molecule has 0 atom stereocenters. The third kappa shape index (κ3) is 7.62. The first-order valence-electron chi connectivity index (χ1n) is 6.78. The van der Waals surface area contributed by atoms with Gasteiger partial charge in [-0.3, -0.25) is 0 Å². The molecule has 1 rings (SSSR count). The molecule has 0 aliphatic rings. The van der Waals surface area contributed by atoms with Gasteiger partial charge < -0.3 is 5.11 Å². The van der Waals surface area contributed by atoms with E-state index in [-0.39, 0.29) is 12.0 Å². The Morgan fingerprint density at radius 2 is 1.90 bits per heavy atom. The number of aliphatic hydroxyl groups excluding tert-OH is 1. The fourth-order valence-electron chi connectivity index (χ4n) is 1.65. The Morgan fingerprint density at radius 3 is 2.48 bits per heavy atom. The van der Waals surface area contributed by atoms with Crippen molar-refractivity contribution in [1.82, 2.24) is 4.72 Å². The lowest BCUT2D eigenvalue weighted by atomic mass is 9.89. The maximum absolute atomic E-state index is 11.8. The lowest BCUT2D eigenvalue weighted by Gasteiger charge is -2.20. The zero-order valence-electron chi connectivity index (χ0n) is 12.3. The molecule has 0 fully saturated rings. The molecule has 0 spiro atoms. The van der Waals surface area contributed by atoms with Crippen molar-refractivity contribution in [3.63, 3.8) is 0 Å². The smallest absolute Gasteiger partial charge is 0.233 e. The number of halogens is 1. The molecule has 21 heavy (non-hydrogen) atoms. The van der Waals surface area contributed by atoms with Gasteiger partial charge in [-0.1, -0.05) is 37.6 Å². The lowest BCUT2D eigenvalue weighted by molar-refractivity contribution is 0.148. The van der Waals surface area contributed by atoms with Crippen LogP contribution in [-0.2, 0) is 10.0 Å². The highest BCUT2D eigenvalue weighted by molar-refractivity contribution is 7.92. The van der Waals surface area contributed by atoms with Gasteiger partial charge >= 0.3 is 0 Å². The molecule has 0 saturated carbocycles. The number of hydrogen-bond donors (Lipinski definition) is 2. The Bertz CT molecular complexity index is 565. The Labute approximate surface area is 131 Å². The van der Waals surface area contributed by atoms with Crippen molar-refractivity contribution in [2.45, 2.75) is 26.7 Å². The number of benzene rings is 1. The van der Waals surface area contributed by atoms with Crippen molar-refractivity contribution in [3.8, 4) is 0 Å². The van der Waals surface area contributed by atoms with Crippen LogP contribution in [0.5, 0.6) is 0 Å². The van der Waals surface area contributed by atoms with E-state index in [1.54, 1.807) is 24.3 Å². The predicted octanol–water partition coefficient (Wildman–Crippen LogP) is 3.03. The first-order chi connectivity index (χ1) is 9.74. The van der Waals surface area contributed by atoms with Crippen LogP contribution in [0, 0.1) is 5.41 Å². The van der Waals surface area contributed by atoms with E-state index in [1.807, 2.05) is 13.8 Å². The predicted molar refractivity (Wildman–Crippen MR) is 87.5 cm³/mol. The molecule has 0 saturated heterocycles.